The highest BCUT2D eigenvalue weighted by Crippen LogP contribution is 2.37. The summed E-state index contributed by atoms with van der Waals surface area (Å²) in [4.78, 5) is 13.9. The van der Waals surface area contributed by atoms with Crippen molar-refractivity contribution in [1.82, 2.24) is 29.6 Å². The lowest BCUT2D eigenvalue weighted by molar-refractivity contribution is 0.295. The van der Waals surface area contributed by atoms with E-state index >= 15 is 0 Å². The normalized spacial score (nSPS) is 26.4. The molecule has 2 aromatic rings. The smallest absolute Gasteiger partial charge is 0.147 e. The number of hydrogen-bond donors (Lipinski definition) is 0. The Balaban J connectivity index is 1.24. The van der Waals surface area contributed by atoms with Crippen LogP contribution in [-0.2, 0) is 6.54 Å². The summed E-state index contributed by atoms with van der Waals surface area (Å²) in [6.45, 7) is 9.66. The molecule has 4 heterocycles. The van der Waals surface area contributed by atoms with Gasteiger partial charge in [0.25, 0.3) is 0 Å². The molecule has 0 aromatic carbocycles. The number of aromatic nitrogens is 5. The van der Waals surface area contributed by atoms with Crippen LogP contribution < -0.4 is 4.90 Å². The second-order valence-electron chi connectivity index (χ2n) is 7.91. The first kappa shape index (κ1) is 15.3. The number of nitrogens with zero attached hydrogens (tertiary/aromatic N) is 7. The van der Waals surface area contributed by atoms with Crippen molar-refractivity contribution in [3.05, 3.63) is 29.7 Å². The zero-order valence-corrected chi connectivity index (χ0v) is 15.0. The average molecular weight is 339 g/mol. The maximum Gasteiger partial charge on any atom is 0.147 e. The van der Waals surface area contributed by atoms with Gasteiger partial charge in [0.1, 0.15) is 24.3 Å². The van der Waals surface area contributed by atoms with Gasteiger partial charge in [-0.25, -0.2) is 9.97 Å². The lowest BCUT2D eigenvalue weighted by Gasteiger charge is -2.23. The molecule has 0 bridgehead atoms. The molecule has 0 amide bonds. The Hall–Kier alpha value is -2.02. The van der Waals surface area contributed by atoms with E-state index in [9.17, 15) is 0 Å². The highest BCUT2D eigenvalue weighted by molar-refractivity contribution is 5.48. The van der Waals surface area contributed by atoms with Gasteiger partial charge in [0, 0.05) is 43.5 Å². The Morgan fingerprint density at radius 1 is 1.04 bits per heavy atom. The van der Waals surface area contributed by atoms with Gasteiger partial charge >= 0.3 is 0 Å². The Morgan fingerprint density at radius 3 is 2.52 bits per heavy atom. The van der Waals surface area contributed by atoms with Gasteiger partial charge < -0.3 is 9.47 Å². The van der Waals surface area contributed by atoms with Crippen LogP contribution in [0.3, 0.4) is 0 Å². The molecule has 5 rings (SSSR count). The van der Waals surface area contributed by atoms with E-state index in [0.29, 0.717) is 6.04 Å². The van der Waals surface area contributed by atoms with E-state index in [4.69, 9.17) is 0 Å². The van der Waals surface area contributed by atoms with Crippen LogP contribution >= 0.6 is 0 Å². The molecule has 132 valence electrons. The lowest BCUT2D eigenvalue weighted by atomic mass is 10.0. The summed E-state index contributed by atoms with van der Waals surface area (Å²) in [6.07, 6.45) is 6.17. The van der Waals surface area contributed by atoms with Crippen LogP contribution in [0.25, 0.3) is 0 Å². The zero-order valence-electron chi connectivity index (χ0n) is 15.0. The average Bonchev–Trinajstić information content (AvgIpc) is 3.02. The predicted molar refractivity (Wildman–Crippen MR) is 94.3 cm³/mol. The number of hydrogen-bond acceptors (Lipinski definition) is 6. The molecule has 0 radical (unpaired) electrons. The first-order chi connectivity index (χ1) is 12.2. The number of likely N-dealkylation sites (tertiary alicyclic amines) is 1. The quantitative estimate of drug-likeness (QED) is 0.843. The second kappa shape index (κ2) is 5.76. The monoisotopic (exact) mass is 339 g/mol. The van der Waals surface area contributed by atoms with Gasteiger partial charge in [0.15, 0.2) is 0 Å². The highest BCUT2D eigenvalue weighted by Gasteiger charge is 2.41. The van der Waals surface area contributed by atoms with E-state index in [0.717, 1.165) is 61.9 Å². The van der Waals surface area contributed by atoms with Gasteiger partial charge in [-0.2, -0.15) is 0 Å². The van der Waals surface area contributed by atoms with Gasteiger partial charge in [-0.1, -0.05) is 0 Å². The molecule has 2 atom stereocenters. The van der Waals surface area contributed by atoms with Crippen molar-refractivity contribution in [2.75, 3.05) is 31.1 Å². The molecular weight excluding hydrogens is 314 g/mol. The van der Waals surface area contributed by atoms with Crippen LogP contribution in [0.15, 0.2) is 12.7 Å². The molecule has 1 aliphatic carbocycles. The van der Waals surface area contributed by atoms with Crippen molar-refractivity contribution < 1.29 is 0 Å². The standard InChI is InChI=1S/C18H25N7/c1-12-13(2)19-10-20-18(12)24-7-14-5-23(6-15(14)8-24)9-17-22-21-11-25(17)16-3-4-16/h10-11,14-16H,3-9H2,1-2H3. The minimum Gasteiger partial charge on any atom is -0.356 e. The van der Waals surface area contributed by atoms with E-state index in [1.165, 1.54) is 18.4 Å². The van der Waals surface area contributed by atoms with E-state index in [1.807, 2.05) is 6.33 Å². The predicted octanol–water partition coefficient (Wildman–Crippen LogP) is 1.59. The molecule has 3 aliphatic rings. The van der Waals surface area contributed by atoms with E-state index in [-0.39, 0.29) is 0 Å². The molecule has 2 unspecified atom stereocenters. The molecule has 1 saturated carbocycles. The van der Waals surface area contributed by atoms with Crippen molar-refractivity contribution in [1.29, 1.82) is 0 Å². The van der Waals surface area contributed by atoms with Crippen LogP contribution in [0.4, 0.5) is 5.82 Å². The largest absolute Gasteiger partial charge is 0.356 e. The van der Waals surface area contributed by atoms with Crippen LogP contribution in [0.2, 0.25) is 0 Å². The van der Waals surface area contributed by atoms with E-state index in [1.54, 1.807) is 6.33 Å². The third-order valence-corrected chi connectivity index (χ3v) is 6.12. The SMILES string of the molecule is Cc1ncnc(N2CC3CN(Cc4nncn4C4CC4)CC3C2)c1C. The molecule has 7 nitrogen and oxygen atoms in total. The fourth-order valence-corrected chi connectivity index (χ4v) is 4.47. The minimum absolute atomic E-state index is 0.659. The van der Waals surface area contributed by atoms with Crippen molar-refractivity contribution in [2.45, 2.75) is 39.3 Å². The summed E-state index contributed by atoms with van der Waals surface area (Å²) in [6, 6.07) is 0.659. The van der Waals surface area contributed by atoms with Crippen molar-refractivity contribution >= 4 is 5.82 Å². The summed E-state index contributed by atoms with van der Waals surface area (Å²) in [7, 11) is 0. The summed E-state index contributed by atoms with van der Waals surface area (Å²) in [5.74, 6) is 3.72. The maximum atomic E-state index is 4.55. The highest BCUT2D eigenvalue weighted by atomic mass is 15.3. The number of anilines is 1. The third-order valence-electron chi connectivity index (χ3n) is 6.12. The number of fused-ring (bicyclic) bond motifs is 1. The minimum atomic E-state index is 0.659. The van der Waals surface area contributed by atoms with E-state index < -0.39 is 0 Å². The molecule has 0 spiro atoms. The number of rotatable bonds is 4. The van der Waals surface area contributed by atoms with Gasteiger partial charge in [-0.3, -0.25) is 4.90 Å². The molecule has 7 heteroatoms. The summed E-state index contributed by atoms with van der Waals surface area (Å²) < 4.78 is 2.29. The van der Waals surface area contributed by atoms with Gasteiger partial charge in [0.2, 0.25) is 0 Å². The van der Waals surface area contributed by atoms with E-state index in [2.05, 4.69) is 48.4 Å². The van der Waals surface area contributed by atoms with Crippen molar-refractivity contribution in [3.63, 3.8) is 0 Å². The molecular formula is C18H25N7. The maximum absolute atomic E-state index is 4.55. The molecule has 25 heavy (non-hydrogen) atoms. The molecule has 3 fully saturated rings. The Bertz CT molecular complexity index is 767. The Kier molecular flexibility index (Phi) is 3.51. The van der Waals surface area contributed by atoms with Crippen molar-refractivity contribution in [2.24, 2.45) is 11.8 Å². The second-order valence-corrected chi connectivity index (χ2v) is 7.91. The molecule has 2 aliphatic heterocycles. The number of aryl methyl sites for hydroxylation is 1. The lowest BCUT2D eigenvalue weighted by Crippen LogP contribution is -2.30. The fourth-order valence-electron chi connectivity index (χ4n) is 4.47. The van der Waals surface area contributed by atoms with Crippen LogP contribution in [-0.4, -0.2) is 55.8 Å². The van der Waals surface area contributed by atoms with Gasteiger partial charge in [-0.05, 0) is 38.5 Å². The summed E-state index contributed by atoms with van der Waals surface area (Å²) in [5, 5.41) is 8.49. The Morgan fingerprint density at radius 2 is 1.80 bits per heavy atom. The third kappa shape index (κ3) is 2.70. The van der Waals surface area contributed by atoms with Crippen molar-refractivity contribution in [3.8, 4) is 0 Å². The Labute approximate surface area is 148 Å². The summed E-state index contributed by atoms with van der Waals surface area (Å²) >= 11 is 0. The fraction of sp³-hybridized carbons (Fsp3) is 0.667. The topological polar surface area (TPSA) is 63.0 Å². The van der Waals surface area contributed by atoms with Crippen LogP contribution in [0.5, 0.6) is 0 Å². The zero-order chi connectivity index (χ0) is 17.0. The van der Waals surface area contributed by atoms with Crippen LogP contribution in [0, 0.1) is 25.7 Å². The molecule has 0 N–H and O–H groups in total. The first-order valence-electron chi connectivity index (χ1n) is 9.33. The van der Waals surface area contributed by atoms with Gasteiger partial charge in [0.05, 0.1) is 6.54 Å². The summed E-state index contributed by atoms with van der Waals surface area (Å²) in [5.41, 5.74) is 2.31. The first-order valence-corrected chi connectivity index (χ1v) is 9.33. The van der Waals surface area contributed by atoms with Gasteiger partial charge in [-0.15, -0.1) is 10.2 Å². The molecule has 2 aromatic heterocycles. The molecule has 2 saturated heterocycles. The van der Waals surface area contributed by atoms with Crippen LogP contribution in [0.1, 0.15) is 36.0 Å².